The molecule has 0 radical (unpaired) electrons. The van der Waals surface area contributed by atoms with Crippen molar-refractivity contribution in [2.45, 2.75) is 19.4 Å². The SMILES string of the molecule is COc1ccc(-c2c(C)nn3c2N=C(c2ccccc2OC)C[C@@H]3c2cccnc2)cc1. The molecule has 6 nitrogen and oxygen atoms in total. The van der Waals surface area contributed by atoms with E-state index in [2.05, 4.69) is 29.2 Å². The Bertz CT molecular complexity index is 1280. The molecule has 2 aromatic heterocycles. The molecule has 5 rings (SSSR count). The van der Waals surface area contributed by atoms with E-state index in [-0.39, 0.29) is 6.04 Å². The van der Waals surface area contributed by atoms with Crippen molar-refractivity contribution in [2.75, 3.05) is 14.2 Å². The summed E-state index contributed by atoms with van der Waals surface area (Å²) in [5, 5.41) is 4.92. The zero-order valence-electron chi connectivity index (χ0n) is 18.3. The van der Waals surface area contributed by atoms with Crippen molar-refractivity contribution in [1.29, 1.82) is 0 Å². The highest BCUT2D eigenvalue weighted by atomic mass is 16.5. The number of nitrogens with zero attached hydrogens (tertiary/aromatic N) is 4. The molecule has 0 spiro atoms. The number of para-hydroxylation sites is 1. The number of pyridine rings is 1. The van der Waals surface area contributed by atoms with Gasteiger partial charge in [0.15, 0.2) is 5.82 Å². The quantitative estimate of drug-likeness (QED) is 0.431. The molecular weight excluding hydrogens is 400 g/mol. The average Bonchev–Trinajstić information content (AvgIpc) is 3.19. The molecule has 0 N–H and O–H groups in total. The third kappa shape index (κ3) is 3.43. The number of hydrogen-bond donors (Lipinski definition) is 0. The van der Waals surface area contributed by atoms with Crippen LogP contribution in [0.4, 0.5) is 5.82 Å². The first-order chi connectivity index (χ1) is 15.7. The van der Waals surface area contributed by atoms with Crippen LogP contribution in [0.3, 0.4) is 0 Å². The molecule has 4 aromatic rings. The van der Waals surface area contributed by atoms with E-state index in [1.54, 1.807) is 20.4 Å². The molecule has 160 valence electrons. The van der Waals surface area contributed by atoms with Crippen LogP contribution in [0.25, 0.3) is 11.1 Å². The molecule has 3 heterocycles. The molecule has 1 aliphatic rings. The fraction of sp³-hybridized carbons (Fsp3) is 0.192. The minimum atomic E-state index is -0.0122. The van der Waals surface area contributed by atoms with Crippen LogP contribution in [0.1, 0.15) is 29.3 Å². The summed E-state index contributed by atoms with van der Waals surface area (Å²) in [6.45, 7) is 2.03. The maximum atomic E-state index is 5.64. The predicted octanol–water partition coefficient (Wildman–Crippen LogP) is 5.38. The zero-order chi connectivity index (χ0) is 22.1. The van der Waals surface area contributed by atoms with E-state index in [0.29, 0.717) is 6.42 Å². The smallest absolute Gasteiger partial charge is 0.159 e. The Morgan fingerprint density at radius 3 is 2.47 bits per heavy atom. The highest BCUT2D eigenvalue weighted by Gasteiger charge is 2.30. The van der Waals surface area contributed by atoms with Gasteiger partial charge in [0.05, 0.1) is 31.7 Å². The van der Waals surface area contributed by atoms with E-state index < -0.39 is 0 Å². The van der Waals surface area contributed by atoms with Gasteiger partial charge in [0, 0.05) is 29.9 Å². The summed E-state index contributed by atoms with van der Waals surface area (Å²) in [5.41, 5.74) is 6.07. The molecule has 32 heavy (non-hydrogen) atoms. The van der Waals surface area contributed by atoms with E-state index in [9.17, 15) is 0 Å². The van der Waals surface area contributed by atoms with Crippen LogP contribution in [-0.4, -0.2) is 34.7 Å². The summed E-state index contributed by atoms with van der Waals surface area (Å²) in [6.07, 6.45) is 4.39. The number of aliphatic imine (C=N–C) groups is 1. The summed E-state index contributed by atoms with van der Waals surface area (Å²) in [6, 6.07) is 20.1. The van der Waals surface area contributed by atoms with E-state index in [1.165, 1.54) is 0 Å². The van der Waals surface area contributed by atoms with Gasteiger partial charge < -0.3 is 9.47 Å². The maximum absolute atomic E-state index is 5.64. The third-order valence-electron chi connectivity index (χ3n) is 5.85. The van der Waals surface area contributed by atoms with Crippen molar-refractivity contribution < 1.29 is 9.47 Å². The fourth-order valence-electron chi connectivity index (χ4n) is 4.28. The highest BCUT2D eigenvalue weighted by Crippen LogP contribution is 2.42. The van der Waals surface area contributed by atoms with Crippen LogP contribution in [0.5, 0.6) is 11.5 Å². The molecule has 0 amide bonds. The van der Waals surface area contributed by atoms with Crippen LogP contribution in [0.2, 0.25) is 0 Å². The molecule has 0 saturated heterocycles. The molecule has 0 fully saturated rings. The van der Waals surface area contributed by atoms with Gasteiger partial charge in [-0.05, 0) is 48.4 Å². The van der Waals surface area contributed by atoms with Gasteiger partial charge in [0.2, 0.25) is 0 Å². The molecule has 1 aliphatic heterocycles. The zero-order valence-corrected chi connectivity index (χ0v) is 18.3. The van der Waals surface area contributed by atoms with Gasteiger partial charge in [-0.25, -0.2) is 9.67 Å². The average molecular weight is 425 g/mol. The number of aryl methyl sites for hydroxylation is 1. The number of fused-ring (bicyclic) bond motifs is 1. The largest absolute Gasteiger partial charge is 0.497 e. The third-order valence-corrected chi connectivity index (χ3v) is 5.85. The van der Waals surface area contributed by atoms with Crippen LogP contribution < -0.4 is 9.47 Å². The maximum Gasteiger partial charge on any atom is 0.159 e. The molecule has 0 saturated carbocycles. The Labute approximate surface area is 187 Å². The Kier molecular flexibility index (Phi) is 5.19. The van der Waals surface area contributed by atoms with Gasteiger partial charge in [0.1, 0.15) is 11.5 Å². The predicted molar refractivity (Wildman–Crippen MR) is 125 cm³/mol. The summed E-state index contributed by atoms with van der Waals surface area (Å²) in [7, 11) is 3.36. The van der Waals surface area contributed by atoms with Gasteiger partial charge in [-0.15, -0.1) is 0 Å². The van der Waals surface area contributed by atoms with Gasteiger partial charge in [-0.2, -0.15) is 5.10 Å². The summed E-state index contributed by atoms with van der Waals surface area (Å²) in [5.74, 6) is 2.47. The number of benzene rings is 2. The van der Waals surface area contributed by atoms with Crippen LogP contribution in [0, 0.1) is 6.92 Å². The van der Waals surface area contributed by atoms with E-state index >= 15 is 0 Å². The van der Waals surface area contributed by atoms with Crippen molar-refractivity contribution >= 4 is 11.5 Å². The second kappa shape index (κ2) is 8.30. The minimum Gasteiger partial charge on any atom is -0.497 e. The first kappa shape index (κ1) is 20.0. The standard InChI is InChI=1S/C26H24N4O2/c1-17-25(18-10-12-20(31-2)13-11-18)26-28-22(21-8-4-5-9-24(21)32-3)15-23(30(26)29-17)19-7-6-14-27-16-19/h4-14,16,23H,15H2,1-3H3/t23-/m1/s1. The topological polar surface area (TPSA) is 61.5 Å². The summed E-state index contributed by atoms with van der Waals surface area (Å²) in [4.78, 5) is 9.48. The van der Waals surface area contributed by atoms with Gasteiger partial charge in [-0.3, -0.25) is 4.98 Å². The van der Waals surface area contributed by atoms with Crippen LogP contribution in [0.15, 0.2) is 78.0 Å². The monoisotopic (exact) mass is 424 g/mol. The number of ether oxygens (including phenoxy) is 2. The van der Waals surface area contributed by atoms with Crippen molar-refractivity contribution in [3.8, 4) is 22.6 Å². The molecular formula is C26H24N4O2. The molecule has 6 heteroatoms. The fourth-order valence-corrected chi connectivity index (χ4v) is 4.28. The second-order valence-electron chi connectivity index (χ2n) is 7.72. The first-order valence-electron chi connectivity index (χ1n) is 10.5. The number of hydrogen-bond acceptors (Lipinski definition) is 5. The van der Waals surface area contributed by atoms with E-state index in [1.807, 2.05) is 54.2 Å². The molecule has 0 aliphatic carbocycles. The summed E-state index contributed by atoms with van der Waals surface area (Å²) >= 11 is 0. The van der Waals surface area contributed by atoms with Crippen molar-refractivity contribution in [1.82, 2.24) is 14.8 Å². The minimum absolute atomic E-state index is 0.0122. The van der Waals surface area contributed by atoms with E-state index in [0.717, 1.165) is 51.0 Å². The normalized spacial score (nSPS) is 15.1. The van der Waals surface area contributed by atoms with Gasteiger partial charge in [-0.1, -0.05) is 30.3 Å². The van der Waals surface area contributed by atoms with Crippen LogP contribution >= 0.6 is 0 Å². The van der Waals surface area contributed by atoms with Crippen molar-refractivity contribution in [3.63, 3.8) is 0 Å². The number of methoxy groups -OCH3 is 2. The van der Waals surface area contributed by atoms with E-state index in [4.69, 9.17) is 19.6 Å². The molecule has 2 aromatic carbocycles. The lowest BCUT2D eigenvalue weighted by molar-refractivity contribution is 0.413. The summed E-state index contributed by atoms with van der Waals surface area (Å²) < 4.78 is 13.0. The van der Waals surface area contributed by atoms with Crippen LogP contribution in [-0.2, 0) is 0 Å². The second-order valence-corrected chi connectivity index (χ2v) is 7.72. The lowest BCUT2D eigenvalue weighted by Gasteiger charge is -2.25. The lowest BCUT2D eigenvalue weighted by Crippen LogP contribution is -2.21. The first-order valence-corrected chi connectivity index (χ1v) is 10.5. The van der Waals surface area contributed by atoms with Crippen molar-refractivity contribution in [3.05, 3.63) is 89.9 Å². The van der Waals surface area contributed by atoms with Gasteiger partial charge in [0.25, 0.3) is 0 Å². The molecule has 1 atom stereocenters. The molecule has 0 unspecified atom stereocenters. The molecule has 0 bridgehead atoms. The van der Waals surface area contributed by atoms with Gasteiger partial charge >= 0.3 is 0 Å². The Morgan fingerprint density at radius 2 is 1.75 bits per heavy atom. The Morgan fingerprint density at radius 1 is 0.938 bits per heavy atom. The Balaban J connectivity index is 1.72. The number of rotatable bonds is 5. The number of aromatic nitrogens is 3. The highest BCUT2D eigenvalue weighted by molar-refractivity contribution is 6.06. The van der Waals surface area contributed by atoms with Crippen molar-refractivity contribution in [2.24, 2.45) is 4.99 Å². The lowest BCUT2D eigenvalue weighted by atomic mass is 9.95. The Hall–Kier alpha value is -3.93.